The number of hydrogen-bond donors (Lipinski definition) is 2. The fraction of sp³-hybridized carbons (Fsp3) is 0.316. The number of carbonyl (C=O) groups excluding carboxylic acids is 1. The van der Waals surface area contributed by atoms with Gasteiger partial charge in [0.1, 0.15) is 5.82 Å². The first-order chi connectivity index (χ1) is 13.8. The van der Waals surface area contributed by atoms with E-state index in [-0.39, 0.29) is 24.8 Å². The quantitative estimate of drug-likeness (QED) is 0.742. The minimum absolute atomic E-state index is 0.0125. The number of alkyl halides is 3. The van der Waals surface area contributed by atoms with Gasteiger partial charge in [-0.3, -0.25) is 4.79 Å². The maximum Gasteiger partial charge on any atom is 0.417 e. The molecule has 0 aliphatic carbocycles. The van der Waals surface area contributed by atoms with Gasteiger partial charge in [-0.25, -0.2) is 14.4 Å². The van der Waals surface area contributed by atoms with Gasteiger partial charge in [0.05, 0.1) is 5.56 Å². The highest BCUT2D eigenvalue weighted by atomic mass is 19.4. The Morgan fingerprint density at radius 3 is 2.59 bits per heavy atom. The Morgan fingerprint density at radius 2 is 2.03 bits per heavy atom. The summed E-state index contributed by atoms with van der Waals surface area (Å²) in [5, 5.41) is 11.4. The molecule has 2 aromatic heterocycles. The van der Waals surface area contributed by atoms with Crippen LogP contribution >= 0.6 is 0 Å². The number of hydrogen-bond acceptors (Lipinski definition) is 5. The number of aliphatic hydroxyl groups is 1. The number of aliphatic hydroxyl groups excluding tert-OH is 1. The van der Waals surface area contributed by atoms with E-state index in [0.717, 1.165) is 12.1 Å². The Bertz CT molecular complexity index is 913. The molecule has 2 aromatic rings. The molecule has 0 radical (unpaired) electrons. The molecule has 0 unspecified atom stereocenters. The number of anilines is 2. The van der Waals surface area contributed by atoms with E-state index in [1.54, 1.807) is 11.0 Å². The highest BCUT2D eigenvalue weighted by molar-refractivity contribution is 6.03. The minimum Gasteiger partial charge on any atom is -0.396 e. The van der Waals surface area contributed by atoms with Gasteiger partial charge in [-0.15, -0.1) is 0 Å². The Morgan fingerprint density at radius 1 is 1.24 bits per heavy atom. The molecule has 6 nitrogen and oxygen atoms in total. The van der Waals surface area contributed by atoms with E-state index in [2.05, 4.69) is 15.3 Å². The molecule has 1 aliphatic rings. The first-order valence-electron chi connectivity index (χ1n) is 8.82. The van der Waals surface area contributed by atoms with Crippen molar-refractivity contribution in [3.05, 3.63) is 59.2 Å². The Balaban J connectivity index is 1.62. The van der Waals surface area contributed by atoms with E-state index in [1.807, 2.05) is 0 Å². The Kier molecular flexibility index (Phi) is 6.12. The zero-order chi connectivity index (χ0) is 21.0. The summed E-state index contributed by atoms with van der Waals surface area (Å²) in [5.74, 6) is -0.805. The summed E-state index contributed by atoms with van der Waals surface area (Å²) < 4.78 is 51.9. The molecular weight excluding hydrogens is 392 g/mol. The van der Waals surface area contributed by atoms with Crippen LogP contribution in [0, 0.1) is 5.82 Å². The van der Waals surface area contributed by atoms with Crippen molar-refractivity contribution in [3.63, 3.8) is 0 Å². The molecule has 1 aliphatic heterocycles. The molecule has 1 amide bonds. The summed E-state index contributed by atoms with van der Waals surface area (Å²) in [5.41, 5.74) is 0.119. The molecule has 0 fully saturated rings. The van der Waals surface area contributed by atoms with Crippen LogP contribution in [0.15, 0.2) is 42.2 Å². The molecule has 0 saturated carbocycles. The van der Waals surface area contributed by atoms with Crippen LogP contribution in [0.4, 0.5) is 29.2 Å². The van der Waals surface area contributed by atoms with Gasteiger partial charge in [0.15, 0.2) is 11.6 Å². The van der Waals surface area contributed by atoms with Crippen LogP contribution in [0.3, 0.4) is 0 Å². The minimum atomic E-state index is -4.50. The summed E-state index contributed by atoms with van der Waals surface area (Å²) in [7, 11) is 0. The van der Waals surface area contributed by atoms with E-state index < -0.39 is 23.5 Å². The third-order valence-corrected chi connectivity index (χ3v) is 4.41. The number of pyridine rings is 2. The number of rotatable bonds is 5. The van der Waals surface area contributed by atoms with E-state index in [9.17, 15) is 22.4 Å². The average Bonchev–Trinajstić information content (AvgIpc) is 2.68. The van der Waals surface area contributed by atoms with Crippen LogP contribution in [-0.2, 0) is 17.4 Å². The van der Waals surface area contributed by atoms with Crippen LogP contribution in [-0.4, -0.2) is 40.7 Å². The van der Waals surface area contributed by atoms with Crippen molar-refractivity contribution in [3.8, 4) is 0 Å². The standard InChI is InChI=1S/C19H18F4N4O2/c20-15-9-12(5-8-28)10-25-17(15)27-6-3-13(4-7-27)18(29)26-16-2-1-14(11-24-16)19(21,22)23/h1-3,9-11,28H,4-8H2,(H,24,26,29). The van der Waals surface area contributed by atoms with Crippen molar-refractivity contribution in [1.82, 2.24) is 9.97 Å². The highest BCUT2D eigenvalue weighted by Gasteiger charge is 2.30. The molecule has 0 saturated heterocycles. The zero-order valence-electron chi connectivity index (χ0n) is 15.2. The lowest BCUT2D eigenvalue weighted by Gasteiger charge is -2.27. The monoisotopic (exact) mass is 410 g/mol. The topological polar surface area (TPSA) is 78.4 Å². The molecule has 3 heterocycles. The fourth-order valence-electron chi connectivity index (χ4n) is 2.87. The van der Waals surface area contributed by atoms with Gasteiger partial charge in [0.25, 0.3) is 5.91 Å². The third-order valence-electron chi connectivity index (χ3n) is 4.41. The highest BCUT2D eigenvalue weighted by Crippen LogP contribution is 2.29. The number of carbonyl (C=O) groups is 1. The number of aromatic nitrogens is 2. The van der Waals surface area contributed by atoms with Crippen molar-refractivity contribution >= 4 is 17.5 Å². The van der Waals surface area contributed by atoms with Crippen LogP contribution in [0.2, 0.25) is 0 Å². The van der Waals surface area contributed by atoms with Crippen molar-refractivity contribution in [1.29, 1.82) is 0 Å². The van der Waals surface area contributed by atoms with Gasteiger partial charge in [0, 0.05) is 37.7 Å². The van der Waals surface area contributed by atoms with Crippen LogP contribution < -0.4 is 10.2 Å². The fourth-order valence-corrected chi connectivity index (χ4v) is 2.87. The molecule has 0 aromatic carbocycles. The first-order valence-corrected chi connectivity index (χ1v) is 8.82. The number of amides is 1. The van der Waals surface area contributed by atoms with Gasteiger partial charge >= 0.3 is 6.18 Å². The van der Waals surface area contributed by atoms with E-state index in [1.165, 1.54) is 12.3 Å². The van der Waals surface area contributed by atoms with Crippen molar-refractivity contribution < 1.29 is 27.5 Å². The molecule has 0 atom stereocenters. The number of nitrogens with zero attached hydrogens (tertiary/aromatic N) is 3. The number of nitrogens with one attached hydrogen (secondary N) is 1. The second-order valence-corrected chi connectivity index (χ2v) is 6.43. The molecule has 29 heavy (non-hydrogen) atoms. The Labute approximate surface area is 163 Å². The lowest BCUT2D eigenvalue weighted by Crippen LogP contribution is -2.32. The Hall–Kier alpha value is -3.01. The largest absolute Gasteiger partial charge is 0.417 e. The summed E-state index contributed by atoms with van der Waals surface area (Å²) in [4.78, 5) is 21.7. The predicted molar refractivity (Wildman–Crippen MR) is 97.8 cm³/mol. The van der Waals surface area contributed by atoms with Crippen LogP contribution in [0.5, 0.6) is 0 Å². The molecule has 154 valence electrons. The number of halogens is 4. The van der Waals surface area contributed by atoms with Gasteiger partial charge < -0.3 is 15.3 Å². The predicted octanol–water partition coefficient (Wildman–Crippen LogP) is 2.94. The maximum absolute atomic E-state index is 14.2. The summed E-state index contributed by atoms with van der Waals surface area (Å²) in [6, 6.07) is 3.25. The molecule has 0 spiro atoms. The van der Waals surface area contributed by atoms with Crippen molar-refractivity contribution in [2.75, 3.05) is 29.9 Å². The van der Waals surface area contributed by atoms with Gasteiger partial charge in [0.2, 0.25) is 0 Å². The maximum atomic E-state index is 14.2. The second kappa shape index (κ2) is 8.56. The van der Waals surface area contributed by atoms with E-state index >= 15 is 0 Å². The van der Waals surface area contributed by atoms with Gasteiger partial charge in [-0.2, -0.15) is 13.2 Å². The third kappa shape index (κ3) is 5.08. The first kappa shape index (κ1) is 20.7. The SMILES string of the molecule is O=C(Nc1ccc(C(F)(F)F)cn1)C1=CCN(c2ncc(CCO)cc2F)CC1. The molecular formula is C19H18F4N4O2. The van der Waals surface area contributed by atoms with E-state index in [0.29, 0.717) is 36.7 Å². The molecule has 3 rings (SSSR count). The molecule has 0 bridgehead atoms. The summed E-state index contributed by atoms with van der Waals surface area (Å²) >= 11 is 0. The van der Waals surface area contributed by atoms with Crippen LogP contribution in [0.1, 0.15) is 17.5 Å². The normalized spacial score (nSPS) is 14.5. The van der Waals surface area contributed by atoms with Crippen molar-refractivity contribution in [2.24, 2.45) is 0 Å². The second-order valence-electron chi connectivity index (χ2n) is 6.43. The van der Waals surface area contributed by atoms with Gasteiger partial charge in [-0.1, -0.05) is 6.08 Å². The lowest BCUT2D eigenvalue weighted by molar-refractivity contribution is -0.137. The average molecular weight is 410 g/mol. The lowest BCUT2D eigenvalue weighted by atomic mass is 10.1. The van der Waals surface area contributed by atoms with Gasteiger partial charge in [-0.05, 0) is 36.6 Å². The van der Waals surface area contributed by atoms with E-state index in [4.69, 9.17) is 5.11 Å². The molecule has 10 heteroatoms. The molecule has 2 N–H and O–H groups in total. The van der Waals surface area contributed by atoms with Crippen LogP contribution in [0.25, 0.3) is 0 Å². The summed E-state index contributed by atoms with van der Waals surface area (Å²) in [6.07, 6.45) is -0.104. The van der Waals surface area contributed by atoms with Crippen molar-refractivity contribution in [2.45, 2.75) is 19.0 Å². The smallest absolute Gasteiger partial charge is 0.396 e. The summed E-state index contributed by atoms with van der Waals surface area (Å²) in [6.45, 7) is 0.509. The zero-order valence-corrected chi connectivity index (χ0v) is 15.2.